The van der Waals surface area contributed by atoms with Gasteiger partial charge in [-0.3, -0.25) is 0 Å². The van der Waals surface area contributed by atoms with Gasteiger partial charge in [0.15, 0.2) is 5.15 Å². The normalized spacial score (nSPS) is 17.3. The molecule has 0 bridgehead atoms. The van der Waals surface area contributed by atoms with Crippen molar-refractivity contribution in [2.45, 2.75) is 39.7 Å². The summed E-state index contributed by atoms with van der Waals surface area (Å²) in [6.07, 6.45) is 5.78. The van der Waals surface area contributed by atoms with E-state index in [2.05, 4.69) is 31.8 Å². The highest BCUT2D eigenvalue weighted by Gasteiger charge is 2.31. The minimum atomic E-state index is -0.294. The lowest BCUT2D eigenvalue weighted by molar-refractivity contribution is 0.150. The molecule has 36 heavy (non-hydrogen) atoms. The molecule has 1 aliphatic rings. The fraction of sp³-hybridized carbons (Fsp3) is 0.385. The van der Waals surface area contributed by atoms with Crippen LogP contribution in [0.3, 0.4) is 0 Å². The van der Waals surface area contributed by atoms with Gasteiger partial charge in [-0.05, 0) is 49.9 Å². The summed E-state index contributed by atoms with van der Waals surface area (Å²) >= 11 is 6.20. The van der Waals surface area contributed by atoms with E-state index in [-0.39, 0.29) is 18.6 Å². The van der Waals surface area contributed by atoms with Crippen molar-refractivity contribution in [1.29, 1.82) is 5.26 Å². The van der Waals surface area contributed by atoms with E-state index in [1.165, 1.54) is 0 Å². The van der Waals surface area contributed by atoms with Crippen molar-refractivity contribution in [2.75, 3.05) is 30.4 Å². The zero-order valence-corrected chi connectivity index (χ0v) is 21.2. The quantitative estimate of drug-likeness (QED) is 0.315. The van der Waals surface area contributed by atoms with Crippen LogP contribution in [-0.2, 0) is 13.0 Å². The van der Waals surface area contributed by atoms with Gasteiger partial charge in [-0.2, -0.15) is 10.4 Å². The number of nitrogens with one attached hydrogen (secondary N) is 2. The molecule has 9 nitrogen and oxygen atoms in total. The van der Waals surface area contributed by atoms with Crippen molar-refractivity contribution < 1.29 is 10.2 Å². The molecule has 0 saturated heterocycles. The summed E-state index contributed by atoms with van der Waals surface area (Å²) in [4.78, 5) is 9.05. The van der Waals surface area contributed by atoms with Crippen LogP contribution in [0.2, 0.25) is 5.15 Å². The van der Waals surface area contributed by atoms with Crippen LogP contribution in [0.25, 0.3) is 11.3 Å². The Kier molecular flexibility index (Phi) is 7.89. The number of hydrogen-bond acceptors (Lipinski definition) is 8. The molecule has 0 spiro atoms. The van der Waals surface area contributed by atoms with Gasteiger partial charge in [-0.1, -0.05) is 30.2 Å². The SMILES string of the molecule is C/C=C(\CCCO)Cn1nc(Cl)cc1Nc1nccc(-c2cc(C#N)c3c(c2)C[C@@](C)(CO)CN3)n1. The average Bonchev–Trinajstić information content (AvgIpc) is 3.23. The number of nitriles is 1. The number of aliphatic hydroxyl groups is 2. The second kappa shape index (κ2) is 11.1. The van der Waals surface area contributed by atoms with Crippen LogP contribution < -0.4 is 10.6 Å². The van der Waals surface area contributed by atoms with E-state index in [0.29, 0.717) is 54.1 Å². The molecular formula is C26H30ClN7O2. The maximum atomic E-state index is 9.84. The number of aliphatic hydroxyl groups excluding tert-OH is 2. The standard InChI is InChI=1S/C26H30ClN7O2/c1-3-17(5-4-8-35)14-34-23(11-22(27)33-34)32-25-29-7-6-21(31-25)18-9-19-12-26(2,16-36)15-30-24(19)20(10-18)13-28/h3,6-7,9-11,30,35-36H,4-5,8,12,14-16H2,1-2H3,(H,29,31,32)/b17-3+/t26-/m1/s1. The lowest BCUT2D eigenvalue weighted by Crippen LogP contribution is -2.37. The molecule has 1 atom stereocenters. The Bertz CT molecular complexity index is 1310. The Hall–Kier alpha value is -3.45. The van der Waals surface area contributed by atoms with Crippen LogP contribution in [0.1, 0.15) is 37.8 Å². The van der Waals surface area contributed by atoms with Crippen LogP contribution in [0.15, 0.2) is 42.1 Å². The lowest BCUT2D eigenvalue weighted by Gasteiger charge is -2.34. The van der Waals surface area contributed by atoms with Crippen molar-refractivity contribution in [1.82, 2.24) is 19.7 Å². The van der Waals surface area contributed by atoms with Gasteiger partial charge in [-0.25, -0.2) is 14.6 Å². The summed E-state index contributed by atoms with van der Waals surface area (Å²) < 4.78 is 1.75. The largest absolute Gasteiger partial charge is 0.396 e. The number of benzene rings is 1. The minimum Gasteiger partial charge on any atom is -0.396 e. The molecule has 0 radical (unpaired) electrons. The van der Waals surface area contributed by atoms with E-state index in [9.17, 15) is 10.4 Å². The Labute approximate surface area is 215 Å². The number of hydrogen-bond donors (Lipinski definition) is 4. The van der Waals surface area contributed by atoms with Crippen molar-refractivity contribution in [3.63, 3.8) is 0 Å². The molecule has 1 aliphatic heterocycles. The monoisotopic (exact) mass is 507 g/mol. The van der Waals surface area contributed by atoms with E-state index in [4.69, 9.17) is 16.7 Å². The van der Waals surface area contributed by atoms with Gasteiger partial charge in [0.2, 0.25) is 5.95 Å². The van der Waals surface area contributed by atoms with Crippen molar-refractivity contribution in [3.05, 3.63) is 58.4 Å². The summed E-state index contributed by atoms with van der Waals surface area (Å²) in [5.74, 6) is 1.02. The molecule has 3 heterocycles. The molecule has 3 aromatic rings. The molecule has 0 aliphatic carbocycles. The van der Waals surface area contributed by atoms with Crippen LogP contribution in [0, 0.1) is 16.7 Å². The van der Waals surface area contributed by atoms with Gasteiger partial charge >= 0.3 is 0 Å². The summed E-state index contributed by atoms with van der Waals surface area (Å²) in [7, 11) is 0. The topological polar surface area (TPSA) is 132 Å². The summed E-state index contributed by atoms with van der Waals surface area (Å²) in [5.41, 5.74) is 4.64. The number of aromatic nitrogens is 4. The predicted molar refractivity (Wildman–Crippen MR) is 140 cm³/mol. The second-order valence-corrected chi connectivity index (χ2v) is 9.73. The van der Waals surface area contributed by atoms with Crippen LogP contribution >= 0.6 is 11.6 Å². The third-order valence-corrected chi connectivity index (χ3v) is 6.57. The molecule has 10 heteroatoms. The Morgan fingerprint density at radius 1 is 1.36 bits per heavy atom. The van der Waals surface area contributed by atoms with Crippen molar-refractivity contribution in [2.24, 2.45) is 5.41 Å². The Morgan fingerprint density at radius 2 is 2.19 bits per heavy atom. The number of nitrogens with zero attached hydrogens (tertiary/aromatic N) is 5. The molecule has 188 valence electrons. The van der Waals surface area contributed by atoms with Crippen molar-refractivity contribution in [3.8, 4) is 17.3 Å². The first-order valence-corrected chi connectivity index (χ1v) is 12.3. The predicted octanol–water partition coefficient (Wildman–Crippen LogP) is 4.29. The fourth-order valence-corrected chi connectivity index (χ4v) is 4.53. The highest BCUT2D eigenvalue weighted by molar-refractivity contribution is 6.29. The van der Waals surface area contributed by atoms with Crippen LogP contribution in [0.5, 0.6) is 0 Å². The van der Waals surface area contributed by atoms with Gasteiger partial charge in [0.05, 0.1) is 30.1 Å². The summed E-state index contributed by atoms with van der Waals surface area (Å²) in [6, 6.07) is 9.63. The van der Waals surface area contributed by atoms with Crippen LogP contribution in [0.4, 0.5) is 17.5 Å². The Balaban J connectivity index is 1.62. The van der Waals surface area contributed by atoms with E-state index in [0.717, 1.165) is 28.8 Å². The molecule has 4 rings (SSSR count). The molecule has 0 unspecified atom stereocenters. The van der Waals surface area contributed by atoms with E-state index in [1.807, 2.05) is 32.1 Å². The molecule has 1 aromatic carbocycles. The molecule has 0 saturated carbocycles. The number of allylic oxidation sites excluding steroid dienone is 2. The number of halogens is 1. The zero-order valence-electron chi connectivity index (χ0n) is 20.4. The van der Waals surface area contributed by atoms with E-state index >= 15 is 0 Å². The fourth-order valence-electron chi connectivity index (χ4n) is 4.34. The number of fused-ring (bicyclic) bond motifs is 1. The minimum absolute atomic E-state index is 0.0539. The third-order valence-electron chi connectivity index (χ3n) is 6.39. The van der Waals surface area contributed by atoms with Gasteiger partial charge in [0.25, 0.3) is 0 Å². The van der Waals surface area contributed by atoms with E-state index < -0.39 is 0 Å². The average molecular weight is 508 g/mol. The molecule has 0 fully saturated rings. The molecule has 2 aromatic heterocycles. The lowest BCUT2D eigenvalue weighted by atomic mass is 9.79. The van der Waals surface area contributed by atoms with Gasteiger partial charge in [-0.15, -0.1) is 0 Å². The third kappa shape index (κ3) is 5.68. The Morgan fingerprint density at radius 3 is 2.92 bits per heavy atom. The highest BCUT2D eigenvalue weighted by atomic mass is 35.5. The van der Waals surface area contributed by atoms with Gasteiger partial charge in [0, 0.05) is 36.4 Å². The molecule has 4 N–H and O–H groups in total. The maximum Gasteiger partial charge on any atom is 0.228 e. The number of rotatable bonds is 9. The summed E-state index contributed by atoms with van der Waals surface area (Å²) in [6.45, 7) is 5.30. The maximum absolute atomic E-state index is 9.84. The molecular weight excluding hydrogens is 478 g/mol. The van der Waals surface area contributed by atoms with E-state index in [1.54, 1.807) is 23.0 Å². The van der Waals surface area contributed by atoms with Gasteiger partial charge < -0.3 is 20.8 Å². The smallest absolute Gasteiger partial charge is 0.228 e. The first kappa shape index (κ1) is 25.6. The van der Waals surface area contributed by atoms with Gasteiger partial charge in [0.1, 0.15) is 11.9 Å². The number of anilines is 3. The first-order chi connectivity index (χ1) is 17.4. The highest BCUT2D eigenvalue weighted by Crippen LogP contribution is 2.37. The summed E-state index contributed by atoms with van der Waals surface area (Å²) in [5, 5.41) is 40.0. The molecule has 0 amide bonds. The second-order valence-electron chi connectivity index (χ2n) is 9.34. The first-order valence-electron chi connectivity index (χ1n) is 11.9. The zero-order chi connectivity index (χ0) is 25.7. The van der Waals surface area contributed by atoms with Crippen molar-refractivity contribution >= 4 is 29.1 Å². The van der Waals surface area contributed by atoms with Crippen LogP contribution in [-0.4, -0.2) is 49.7 Å².